The van der Waals surface area contributed by atoms with Gasteiger partial charge in [0.1, 0.15) is 5.58 Å². The van der Waals surface area contributed by atoms with Gasteiger partial charge in [-0.3, -0.25) is 9.59 Å². The van der Waals surface area contributed by atoms with Crippen LogP contribution in [0.1, 0.15) is 64.2 Å². The molecule has 3 aromatic carbocycles. The lowest BCUT2D eigenvalue weighted by Gasteiger charge is -2.26. The Morgan fingerprint density at radius 1 is 0.973 bits per heavy atom. The average Bonchev–Trinajstić information content (AvgIpc) is 3.17. The summed E-state index contributed by atoms with van der Waals surface area (Å²) in [5.74, 6) is 0.999. The zero-order valence-electron chi connectivity index (χ0n) is 21.7. The molecule has 0 N–H and O–H groups in total. The molecule has 1 amide bonds. The fourth-order valence-electron chi connectivity index (χ4n) is 5.06. The Labute approximate surface area is 216 Å². The molecule has 0 radical (unpaired) electrons. The highest BCUT2D eigenvalue weighted by Gasteiger charge is 2.43. The zero-order valence-corrected chi connectivity index (χ0v) is 21.7. The number of unbranched alkanes of at least 4 members (excludes halogenated alkanes) is 1. The van der Waals surface area contributed by atoms with E-state index in [1.807, 2.05) is 74.5 Å². The molecule has 1 aliphatic heterocycles. The van der Waals surface area contributed by atoms with Gasteiger partial charge in [0.25, 0.3) is 5.91 Å². The van der Waals surface area contributed by atoms with Crippen LogP contribution in [0.15, 0.2) is 69.9 Å². The van der Waals surface area contributed by atoms with Crippen LogP contribution in [-0.2, 0) is 6.54 Å². The second-order valence-corrected chi connectivity index (χ2v) is 9.57. The first kappa shape index (κ1) is 24.6. The maximum atomic E-state index is 14.0. The summed E-state index contributed by atoms with van der Waals surface area (Å²) in [5.41, 5.74) is 4.16. The molecule has 0 spiro atoms. The lowest BCUT2D eigenvalue weighted by atomic mass is 9.97. The highest BCUT2D eigenvalue weighted by molar-refractivity contribution is 5.99. The summed E-state index contributed by atoms with van der Waals surface area (Å²) in [6.45, 7) is 6.87. The van der Waals surface area contributed by atoms with Crippen molar-refractivity contribution in [3.8, 4) is 11.5 Å². The number of ether oxygens (including phenoxy) is 2. The third-order valence-corrected chi connectivity index (χ3v) is 6.85. The minimum Gasteiger partial charge on any atom is -0.493 e. The molecule has 6 nitrogen and oxygen atoms in total. The van der Waals surface area contributed by atoms with Crippen molar-refractivity contribution in [3.05, 3.63) is 104 Å². The summed E-state index contributed by atoms with van der Waals surface area (Å²) in [6, 6.07) is 18.5. The standard InChI is InChI=1S/C31H31NO5/c1-5-6-14-36-24-13-12-22(17-25(24)35-4)27-26-28(33)23-16-19(2)15-20(3)29(23)37-30(26)31(34)32(27)18-21-10-8-7-9-11-21/h7-13,15-17,27H,5-6,14,18H2,1-4H3. The fraction of sp³-hybridized carbons (Fsp3) is 0.290. The quantitative estimate of drug-likeness (QED) is 0.266. The van der Waals surface area contributed by atoms with Gasteiger partial charge in [0.05, 0.1) is 30.7 Å². The first-order valence-electron chi connectivity index (χ1n) is 12.7. The number of nitrogens with zero attached hydrogens (tertiary/aromatic N) is 1. The van der Waals surface area contributed by atoms with Crippen molar-refractivity contribution in [3.63, 3.8) is 0 Å². The van der Waals surface area contributed by atoms with E-state index in [0.29, 0.717) is 41.2 Å². The number of hydrogen-bond acceptors (Lipinski definition) is 5. The van der Waals surface area contributed by atoms with Crippen LogP contribution < -0.4 is 14.9 Å². The van der Waals surface area contributed by atoms with Crippen LogP contribution in [0.5, 0.6) is 11.5 Å². The summed E-state index contributed by atoms with van der Waals surface area (Å²) in [7, 11) is 1.59. The topological polar surface area (TPSA) is 69.0 Å². The number of methoxy groups -OCH3 is 1. The van der Waals surface area contributed by atoms with Crippen molar-refractivity contribution >= 4 is 16.9 Å². The summed E-state index contributed by atoms with van der Waals surface area (Å²) >= 11 is 0. The van der Waals surface area contributed by atoms with E-state index in [2.05, 4.69) is 6.92 Å². The number of hydrogen-bond donors (Lipinski definition) is 0. The van der Waals surface area contributed by atoms with Crippen molar-refractivity contribution in [1.82, 2.24) is 4.90 Å². The van der Waals surface area contributed by atoms with Crippen molar-refractivity contribution in [1.29, 1.82) is 0 Å². The molecule has 37 heavy (non-hydrogen) atoms. The van der Waals surface area contributed by atoms with Gasteiger partial charge in [0.15, 0.2) is 16.9 Å². The predicted molar refractivity (Wildman–Crippen MR) is 144 cm³/mol. The molecule has 0 saturated heterocycles. The predicted octanol–water partition coefficient (Wildman–Crippen LogP) is 6.34. The van der Waals surface area contributed by atoms with Crippen molar-refractivity contribution in [2.24, 2.45) is 0 Å². The molecule has 4 aromatic rings. The summed E-state index contributed by atoms with van der Waals surface area (Å²) in [6.07, 6.45) is 1.96. The number of aryl methyl sites for hydroxylation is 2. The van der Waals surface area contributed by atoms with E-state index in [9.17, 15) is 9.59 Å². The largest absolute Gasteiger partial charge is 0.493 e. The van der Waals surface area contributed by atoms with E-state index < -0.39 is 6.04 Å². The van der Waals surface area contributed by atoms with E-state index in [-0.39, 0.29) is 17.1 Å². The lowest BCUT2D eigenvalue weighted by molar-refractivity contribution is 0.0714. The molecule has 0 fully saturated rings. The van der Waals surface area contributed by atoms with Gasteiger partial charge in [-0.1, -0.05) is 55.8 Å². The first-order chi connectivity index (χ1) is 17.9. The van der Waals surface area contributed by atoms with Gasteiger partial charge in [-0.25, -0.2) is 0 Å². The van der Waals surface area contributed by atoms with E-state index in [0.717, 1.165) is 35.1 Å². The minimum absolute atomic E-state index is 0.104. The normalized spacial score (nSPS) is 14.8. The average molecular weight is 498 g/mol. The summed E-state index contributed by atoms with van der Waals surface area (Å²) in [4.78, 5) is 29.5. The van der Waals surface area contributed by atoms with Gasteiger partial charge >= 0.3 is 0 Å². The molecule has 1 unspecified atom stereocenters. The molecular weight excluding hydrogens is 466 g/mol. The number of rotatable bonds is 8. The van der Waals surface area contributed by atoms with Gasteiger partial charge in [-0.05, 0) is 60.7 Å². The Hall–Kier alpha value is -4.06. The molecule has 190 valence electrons. The van der Waals surface area contributed by atoms with Gasteiger partial charge in [0.2, 0.25) is 5.76 Å². The highest BCUT2D eigenvalue weighted by Crippen LogP contribution is 2.42. The smallest absolute Gasteiger partial charge is 0.291 e. The molecule has 1 aliphatic rings. The van der Waals surface area contributed by atoms with Crippen LogP contribution in [0.25, 0.3) is 11.0 Å². The monoisotopic (exact) mass is 497 g/mol. The number of benzene rings is 3. The second kappa shape index (κ2) is 10.1. The zero-order chi connectivity index (χ0) is 26.1. The molecule has 0 aliphatic carbocycles. The molecular formula is C31H31NO5. The van der Waals surface area contributed by atoms with Crippen LogP contribution in [0.4, 0.5) is 0 Å². The molecule has 5 rings (SSSR count). The van der Waals surface area contributed by atoms with Crippen molar-refractivity contribution in [2.45, 2.75) is 46.2 Å². The summed E-state index contributed by atoms with van der Waals surface area (Å²) in [5, 5.41) is 0.488. The minimum atomic E-state index is -0.622. The van der Waals surface area contributed by atoms with E-state index in [1.54, 1.807) is 12.0 Å². The highest BCUT2D eigenvalue weighted by atomic mass is 16.5. The first-order valence-corrected chi connectivity index (χ1v) is 12.7. The van der Waals surface area contributed by atoms with Crippen LogP contribution in [-0.4, -0.2) is 24.5 Å². The molecule has 6 heteroatoms. The van der Waals surface area contributed by atoms with Crippen LogP contribution in [0.3, 0.4) is 0 Å². The lowest BCUT2D eigenvalue weighted by Crippen LogP contribution is -2.29. The third kappa shape index (κ3) is 4.48. The SMILES string of the molecule is CCCCOc1ccc(C2c3c(oc4c(C)cc(C)cc4c3=O)C(=O)N2Cc2ccccc2)cc1OC. The van der Waals surface area contributed by atoms with Crippen molar-refractivity contribution in [2.75, 3.05) is 13.7 Å². The molecule has 2 heterocycles. The Morgan fingerprint density at radius 3 is 2.49 bits per heavy atom. The van der Waals surface area contributed by atoms with Gasteiger partial charge in [0, 0.05) is 6.54 Å². The fourth-order valence-corrected chi connectivity index (χ4v) is 5.06. The Balaban J connectivity index is 1.68. The van der Waals surface area contributed by atoms with Crippen molar-refractivity contribution < 1.29 is 18.7 Å². The Bertz CT molecular complexity index is 1520. The number of carbonyl (C=O) groups is 1. The maximum Gasteiger partial charge on any atom is 0.291 e. The number of carbonyl (C=O) groups excluding carboxylic acids is 1. The molecule has 0 bridgehead atoms. The second-order valence-electron chi connectivity index (χ2n) is 9.57. The van der Waals surface area contributed by atoms with Crippen LogP contribution in [0, 0.1) is 13.8 Å². The Morgan fingerprint density at radius 2 is 1.76 bits per heavy atom. The number of fused-ring (bicyclic) bond motifs is 2. The molecule has 1 aromatic heterocycles. The van der Waals surface area contributed by atoms with Gasteiger partial charge < -0.3 is 18.8 Å². The summed E-state index contributed by atoms with van der Waals surface area (Å²) < 4.78 is 17.8. The van der Waals surface area contributed by atoms with Gasteiger partial charge in [-0.2, -0.15) is 0 Å². The molecule has 1 atom stereocenters. The van der Waals surface area contributed by atoms with Crippen LogP contribution in [0.2, 0.25) is 0 Å². The maximum absolute atomic E-state index is 14.0. The van der Waals surface area contributed by atoms with Crippen LogP contribution >= 0.6 is 0 Å². The molecule has 0 saturated carbocycles. The third-order valence-electron chi connectivity index (χ3n) is 6.85. The van der Waals surface area contributed by atoms with E-state index in [1.165, 1.54) is 0 Å². The van der Waals surface area contributed by atoms with E-state index >= 15 is 0 Å². The number of amides is 1. The van der Waals surface area contributed by atoms with Gasteiger partial charge in [-0.15, -0.1) is 0 Å². The van der Waals surface area contributed by atoms with E-state index in [4.69, 9.17) is 13.9 Å². The Kier molecular flexibility index (Phi) is 6.74.